The molecule has 0 aromatic heterocycles. The van der Waals surface area contributed by atoms with Crippen LogP contribution >= 0.6 is 0 Å². The van der Waals surface area contributed by atoms with Crippen molar-refractivity contribution in [3.05, 3.63) is 34.9 Å². The van der Waals surface area contributed by atoms with E-state index in [-0.39, 0.29) is 12.4 Å². The molecule has 0 saturated carbocycles. The van der Waals surface area contributed by atoms with Gasteiger partial charge in [0.25, 0.3) is 0 Å². The lowest BCUT2D eigenvalue weighted by molar-refractivity contribution is -0.120. The fourth-order valence-electron chi connectivity index (χ4n) is 1.38. The lowest BCUT2D eigenvalue weighted by Gasteiger charge is -2.08. The molecule has 0 bridgehead atoms. The minimum atomic E-state index is -0.430. The number of esters is 1. The molecule has 0 N–H and O–H groups in total. The number of aryl methyl sites for hydroxylation is 2. The van der Waals surface area contributed by atoms with Crippen molar-refractivity contribution >= 4 is 11.8 Å². The average molecular weight is 206 g/mol. The Balaban J connectivity index is 2.86. The highest BCUT2D eigenvalue weighted by molar-refractivity contribution is 5.94. The molecule has 1 aromatic rings. The van der Waals surface area contributed by atoms with Gasteiger partial charge in [-0.3, -0.25) is 4.79 Å². The summed E-state index contributed by atoms with van der Waals surface area (Å²) in [6.07, 6.45) is 0. The molecule has 3 nitrogen and oxygen atoms in total. The summed E-state index contributed by atoms with van der Waals surface area (Å²) in [6, 6.07) is 5.57. The molecule has 0 heterocycles. The van der Waals surface area contributed by atoms with Gasteiger partial charge in [0, 0.05) is 0 Å². The summed E-state index contributed by atoms with van der Waals surface area (Å²) in [7, 11) is 0. The first-order valence-corrected chi connectivity index (χ1v) is 4.75. The van der Waals surface area contributed by atoms with Crippen LogP contribution in [0.3, 0.4) is 0 Å². The van der Waals surface area contributed by atoms with Gasteiger partial charge < -0.3 is 4.74 Å². The third-order valence-corrected chi connectivity index (χ3v) is 2.09. The van der Waals surface area contributed by atoms with Crippen LogP contribution in [0.1, 0.15) is 28.4 Å². The summed E-state index contributed by atoms with van der Waals surface area (Å²) in [4.78, 5) is 22.3. The Kier molecular flexibility index (Phi) is 3.61. The van der Waals surface area contributed by atoms with Crippen molar-refractivity contribution in [1.29, 1.82) is 0 Å². The van der Waals surface area contributed by atoms with Crippen LogP contribution in [0.5, 0.6) is 0 Å². The number of ketones is 1. The van der Waals surface area contributed by atoms with E-state index in [1.165, 1.54) is 6.92 Å². The second-order valence-electron chi connectivity index (χ2n) is 3.54. The van der Waals surface area contributed by atoms with Crippen molar-refractivity contribution in [3.8, 4) is 0 Å². The van der Waals surface area contributed by atoms with Crippen LogP contribution in [0, 0.1) is 13.8 Å². The maximum absolute atomic E-state index is 11.6. The molecule has 3 heteroatoms. The minimum Gasteiger partial charge on any atom is -0.454 e. The van der Waals surface area contributed by atoms with Crippen molar-refractivity contribution in [2.24, 2.45) is 0 Å². The van der Waals surface area contributed by atoms with Crippen molar-refractivity contribution in [3.63, 3.8) is 0 Å². The SMILES string of the molecule is CC(=O)COC(=O)c1c(C)cccc1C. The summed E-state index contributed by atoms with van der Waals surface area (Å²) in [5, 5.41) is 0. The van der Waals surface area contributed by atoms with Crippen LogP contribution in [0.2, 0.25) is 0 Å². The summed E-state index contributed by atoms with van der Waals surface area (Å²) in [5.41, 5.74) is 2.28. The van der Waals surface area contributed by atoms with Gasteiger partial charge in [-0.1, -0.05) is 18.2 Å². The standard InChI is InChI=1S/C12H14O3/c1-8-5-4-6-9(2)11(8)12(14)15-7-10(3)13/h4-6H,7H2,1-3H3. The quantitative estimate of drug-likeness (QED) is 0.711. The molecular weight excluding hydrogens is 192 g/mol. The Morgan fingerprint density at radius 2 is 1.73 bits per heavy atom. The highest BCUT2D eigenvalue weighted by atomic mass is 16.5. The fourth-order valence-corrected chi connectivity index (χ4v) is 1.38. The average Bonchev–Trinajstić information content (AvgIpc) is 2.14. The van der Waals surface area contributed by atoms with Crippen molar-refractivity contribution in [2.75, 3.05) is 6.61 Å². The van der Waals surface area contributed by atoms with Gasteiger partial charge in [-0.15, -0.1) is 0 Å². The predicted octanol–water partition coefficient (Wildman–Crippen LogP) is 2.05. The Morgan fingerprint density at radius 3 is 2.20 bits per heavy atom. The van der Waals surface area contributed by atoms with Gasteiger partial charge in [0.05, 0.1) is 5.56 Å². The normalized spacial score (nSPS) is 9.80. The largest absolute Gasteiger partial charge is 0.454 e. The van der Waals surface area contributed by atoms with E-state index in [0.717, 1.165) is 11.1 Å². The van der Waals surface area contributed by atoms with Gasteiger partial charge in [-0.05, 0) is 31.9 Å². The molecule has 0 fully saturated rings. The molecule has 80 valence electrons. The highest BCUT2D eigenvalue weighted by Crippen LogP contribution is 2.14. The topological polar surface area (TPSA) is 43.4 Å². The van der Waals surface area contributed by atoms with E-state index in [1.807, 2.05) is 32.0 Å². The van der Waals surface area contributed by atoms with Crippen molar-refractivity contribution in [2.45, 2.75) is 20.8 Å². The Hall–Kier alpha value is -1.64. The smallest absolute Gasteiger partial charge is 0.339 e. The zero-order chi connectivity index (χ0) is 11.4. The molecule has 0 atom stereocenters. The maximum Gasteiger partial charge on any atom is 0.339 e. The van der Waals surface area contributed by atoms with E-state index in [1.54, 1.807) is 0 Å². The van der Waals surface area contributed by atoms with Crippen molar-refractivity contribution in [1.82, 2.24) is 0 Å². The molecule has 0 aliphatic rings. The van der Waals surface area contributed by atoms with E-state index in [4.69, 9.17) is 4.74 Å². The first-order chi connectivity index (χ1) is 7.02. The van der Waals surface area contributed by atoms with Crippen LogP contribution in [0.4, 0.5) is 0 Å². The summed E-state index contributed by atoms with van der Waals surface area (Å²) < 4.78 is 4.86. The number of hydrogen-bond donors (Lipinski definition) is 0. The summed E-state index contributed by atoms with van der Waals surface area (Å²) in [6.45, 7) is 4.92. The maximum atomic E-state index is 11.6. The third kappa shape index (κ3) is 2.91. The van der Waals surface area contributed by atoms with Crippen LogP contribution < -0.4 is 0 Å². The van der Waals surface area contributed by atoms with Gasteiger partial charge in [-0.2, -0.15) is 0 Å². The number of carbonyl (C=O) groups is 2. The van der Waals surface area contributed by atoms with E-state index < -0.39 is 5.97 Å². The zero-order valence-corrected chi connectivity index (χ0v) is 9.16. The fraction of sp³-hybridized carbons (Fsp3) is 0.333. The molecule has 0 unspecified atom stereocenters. The van der Waals surface area contributed by atoms with Gasteiger partial charge in [0.1, 0.15) is 6.61 Å². The van der Waals surface area contributed by atoms with Gasteiger partial charge in [0.15, 0.2) is 5.78 Å². The van der Waals surface area contributed by atoms with E-state index >= 15 is 0 Å². The van der Waals surface area contributed by atoms with Gasteiger partial charge in [0.2, 0.25) is 0 Å². The molecule has 1 aromatic carbocycles. The number of Topliss-reactive ketones (excluding diaryl/α,β-unsaturated/α-hetero) is 1. The first kappa shape index (κ1) is 11.4. The zero-order valence-electron chi connectivity index (χ0n) is 9.16. The van der Waals surface area contributed by atoms with Crippen LogP contribution in [0.15, 0.2) is 18.2 Å². The van der Waals surface area contributed by atoms with Crippen molar-refractivity contribution < 1.29 is 14.3 Å². The lowest BCUT2D eigenvalue weighted by atomic mass is 10.0. The molecular formula is C12H14O3. The molecule has 0 spiro atoms. The predicted molar refractivity (Wildman–Crippen MR) is 56.9 cm³/mol. The minimum absolute atomic E-state index is 0.158. The number of rotatable bonds is 3. The number of carbonyl (C=O) groups excluding carboxylic acids is 2. The Labute approximate surface area is 89.1 Å². The second-order valence-corrected chi connectivity index (χ2v) is 3.54. The monoisotopic (exact) mass is 206 g/mol. The van der Waals surface area contributed by atoms with Gasteiger partial charge in [-0.25, -0.2) is 4.79 Å². The van der Waals surface area contributed by atoms with E-state index in [2.05, 4.69) is 0 Å². The Morgan fingerprint density at radius 1 is 1.20 bits per heavy atom. The van der Waals surface area contributed by atoms with Crippen LogP contribution in [-0.4, -0.2) is 18.4 Å². The Bertz CT molecular complexity index is 374. The van der Waals surface area contributed by atoms with Gasteiger partial charge >= 0.3 is 5.97 Å². The van der Waals surface area contributed by atoms with Crippen LogP contribution in [-0.2, 0) is 9.53 Å². The summed E-state index contributed by atoms with van der Waals surface area (Å²) in [5.74, 6) is -0.588. The molecule has 0 aliphatic carbocycles. The number of hydrogen-bond acceptors (Lipinski definition) is 3. The molecule has 1 rings (SSSR count). The number of benzene rings is 1. The van der Waals surface area contributed by atoms with E-state index in [9.17, 15) is 9.59 Å². The highest BCUT2D eigenvalue weighted by Gasteiger charge is 2.13. The third-order valence-electron chi connectivity index (χ3n) is 2.09. The van der Waals surface area contributed by atoms with E-state index in [0.29, 0.717) is 5.56 Å². The molecule has 0 aliphatic heterocycles. The summed E-state index contributed by atoms with van der Waals surface area (Å²) >= 11 is 0. The van der Waals surface area contributed by atoms with Crippen LogP contribution in [0.25, 0.3) is 0 Å². The molecule has 0 saturated heterocycles. The molecule has 0 amide bonds. The first-order valence-electron chi connectivity index (χ1n) is 4.75. The second kappa shape index (κ2) is 4.73. The lowest BCUT2D eigenvalue weighted by Crippen LogP contribution is -2.13. The molecule has 0 radical (unpaired) electrons. The molecule has 15 heavy (non-hydrogen) atoms. The number of ether oxygens (including phenoxy) is 1.